The molecule has 1 aliphatic heterocycles. The fourth-order valence-electron chi connectivity index (χ4n) is 2.56. The van der Waals surface area contributed by atoms with E-state index >= 15 is 0 Å². The number of nitrogens with one attached hydrogen (secondary N) is 2. The summed E-state index contributed by atoms with van der Waals surface area (Å²) in [7, 11) is 0. The first-order valence-electron chi connectivity index (χ1n) is 7.45. The smallest absolute Gasteiger partial charge is 0.243 e. The molecule has 2 aliphatic rings. The molecule has 0 radical (unpaired) electrons. The zero-order valence-corrected chi connectivity index (χ0v) is 11.9. The predicted octanol–water partition coefficient (Wildman–Crippen LogP) is 0.502. The molecule has 2 atom stereocenters. The van der Waals surface area contributed by atoms with Crippen LogP contribution >= 0.6 is 0 Å². The lowest BCUT2D eigenvalue weighted by molar-refractivity contribution is -0.141. The van der Waals surface area contributed by atoms with Gasteiger partial charge in [-0.3, -0.25) is 9.59 Å². The number of amides is 2. The first kappa shape index (κ1) is 14.3. The van der Waals surface area contributed by atoms with Crippen molar-refractivity contribution in [2.24, 2.45) is 5.92 Å². The third-order valence-electron chi connectivity index (χ3n) is 3.88. The fraction of sp³-hybridized carbons (Fsp3) is 0.857. The van der Waals surface area contributed by atoms with Gasteiger partial charge in [-0.05, 0) is 32.2 Å². The summed E-state index contributed by atoms with van der Waals surface area (Å²) in [5.41, 5.74) is 0. The van der Waals surface area contributed by atoms with E-state index in [-0.39, 0.29) is 23.8 Å². The van der Waals surface area contributed by atoms with E-state index < -0.39 is 0 Å². The van der Waals surface area contributed by atoms with Crippen molar-refractivity contribution in [2.75, 3.05) is 19.6 Å². The van der Waals surface area contributed by atoms with Gasteiger partial charge in [-0.25, -0.2) is 0 Å². The third kappa shape index (κ3) is 3.69. The van der Waals surface area contributed by atoms with Gasteiger partial charge in [-0.2, -0.15) is 0 Å². The Morgan fingerprint density at radius 1 is 1.32 bits per heavy atom. The molecule has 1 heterocycles. The molecule has 0 bridgehead atoms. The van der Waals surface area contributed by atoms with E-state index in [4.69, 9.17) is 0 Å². The summed E-state index contributed by atoms with van der Waals surface area (Å²) in [4.78, 5) is 26.3. The number of rotatable bonds is 6. The Balaban J connectivity index is 1.89. The number of carbonyl (C=O) groups is 2. The predicted molar refractivity (Wildman–Crippen MR) is 73.6 cm³/mol. The number of likely N-dealkylation sites (tertiary alicyclic amines) is 1. The number of nitrogens with zero attached hydrogens (tertiary/aromatic N) is 1. The van der Waals surface area contributed by atoms with Crippen molar-refractivity contribution in [1.82, 2.24) is 15.5 Å². The minimum Gasteiger partial charge on any atom is -0.352 e. The van der Waals surface area contributed by atoms with Gasteiger partial charge >= 0.3 is 0 Å². The van der Waals surface area contributed by atoms with Crippen LogP contribution in [0.2, 0.25) is 0 Å². The highest BCUT2D eigenvalue weighted by Gasteiger charge is 2.37. The molecule has 2 unspecified atom stereocenters. The maximum absolute atomic E-state index is 12.4. The van der Waals surface area contributed by atoms with Crippen molar-refractivity contribution in [1.29, 1.82) is 0 Å². The second-order valence-electron chi connectivity index (χ2n) is 5.68. The normalized spacial score (nSPS) is 24.3. The summed E-state index contributed by atoms with van der Waals surface area (Å²) in [6.07, 6.45) is 3.91. The Hall–Kier alpha value is -1.10. The molecule has 2 amide bonds. The first-order chi connectivity index (χ1) is 9.13. The van der Waals surface area contributed by atoms with Gasteiger partial charge in [0.15, 0.2) is 0 Å². The lowest BCUT2D eigenvalue weighted by Crippen LogP contribution is -2.49. The second kappa shape index (κ2) is 6.37. The summed E-state index contributed by atoms with van der Waals surface area (Å²) >= 11 is 0. The van der Waals surface area contributed by atoms with E-state index in [9.17, 15) is 9.59 Å². The SMILES string of the molecule is CCNCC(C)C(=O)N1CCCC1C(=O)NC1CC1. The van der Waals surface area contributed by atoms with Gasteiger partial charge in [0.1, 0.15) is 6.04 Å². The van der Waals surface area contributed by atoms with E-state index in [2.05, 4.69) is 10.6 Å². The zero-order chi connectivity index (χ0) is 13.8. The van der Waals surface area contributed by atoms with E-state index in [1.807, 2.05) is 13.8 Å². The van der Waals surface area contributed by atoms with E-state index in [1.165, 1.54) is 0 Å². The van der Waals surface area contributed by atoms with Crippen LogP contribution in [0.3, 0.4) is 0 Å². The highest BCUT2D eigenvalue weighted by molar-refractivity contribution is 5.89. The minimum absolute atomic E-state index is 0.0454. The number of carbonyl (C=O) groups excluding carboxylic acids is 2. The standard InChI is InChI=1S/C14H25N3O2/c1-3-15-9-10(2)14(19)17-8-4-5-12(17)13(18)16-11-6-7-11/h10-12,15H,3-9H2,1-2H3,(H,16,18). The Bertz CT molecular complexity index is 342. The largest absolute Gasteiger partial charge is 0.352 e. The molecule has 2 rings (SSSR count). The van der Waals surface area contributed by atoms with Crippen LogP contribution in [-0.2, 0) is 9.59 Å². The molecule has 0 aromatic carbocycles. The fourth-order valence-corrected chi connectivity index (χ4v) is 2.56. The molecule has 2 fully saturated rings. The molecule has 5 heteroatoms. The van der Waals surface area contributed by atoms with Gasteiger partial charge < -0.3 is 15.5 Å². The molecule has 1 saturated heterocycles. The quantitative estimate of drug-likeness (QED) is 0.737. The average molecular weight is 267 g/mol. The molecule has 19 heavy (non-hydrogen) atoms. The van der Waals surface area contributed by atoms with Crippen LogP contribution in [-0.4, -0.2) is 48.4 Å². The van der Waals surface area contributed by atoms with Crippen molar-refractivity contribution < 1.29 is 9.59 Å². The van der Waals surface area contributed by atoms with E-state index in [0.29, 0.717) is 12.6 Å². The Morgan fingerprint density at radius 3 is 2.68 bits per heavy atom. The summed E-state index contributed by atoms with van der Waals surface area (Å²) in [5.74, 6) is 0.0904. The van der Waals surface area contributed by atoms with Gasteiger partial charge in [-0.15, -0.1) is 0 Å². The third-order valence-corrected chi connectivity index (χ3v) is 3.88. The molecule has 0 aromatic heterocycles. The monoisotopic (exact) mass is 267 g/mol. The lowest BCUT2D eigenvalue weighted by Gasteiger charge is -2.27. The Morgan fingerprint density at radius 2 is 2.05 bits per heavy atom. The number of hydrogen-bond donors (Lipinski definition) is 2. The zero-order valence-electron chi connectivity index (χ0n) is 11.9. The highest BCUT2D eigenvalue weighted by Crippen LogP contribution is 2.23. The van der Waals surface area contributed by atoms with Gasteiger partial charge in [0, 0.05) is 25.0 Å². The van der Waals surface area contributed by atoms with Crippen LogP contribution in [0.1, 0.15) is 39.5 Å². The minimum atomic E-state index is -0.239. The van der Waals surface area contributed by atoms with Crippen LogP contribution in [0.15, 0.2) is 0 Å². The van der Waals surface area contributed by atoms with Crippen LogP contribution < -0.4 is 10.6 Å². The molecule has 0 aromatic rings. The summed E-state index contributed by atoms with van der Waals surface area (Å²) in [6.45, 7) is 6.22. The summed E-state index contributed by atoms with van der Waals surface area (Å²) in [5, 5.41) is 6.20. The van der Waals surface area contributed by atoms with Crippen molar-refractivity contribution in [3.63, 3.8) is 0 Å². The molecule has 5 nitrogen and oxygen atoms in total. The van der Waals surface area contributed by atoms with Crippen LogP contribution in [0, 0.1) is 5.92 Å². The van der Waals surface area contributed by atoms with Gasteiger partial charge in [0.05, 0.1) is 0 Å². The van der Waals surface area contributed by atoms with Crippen molar-refractivity contribution >= 4 is 11.8 Å². The van der Waals surface area contributed by atoms with E-state index in [0.717, 1.165) is 38.8 Å². The van der Waals surface area contributed by atoms with Gasteiger partial charge in [0.25, 0.3) is 0 Å². The van der Waals surface area contributed by atoms with Crippen LogP contribution in [0.5, 0.6) is 0 Å². The lowest BCUT2D eigenvalue weighted by atomic mass is 10.1. The Labute approximate surface area is 115 Å². The molecule has 0 spiro atoms. The highest BCUT2D eigenvalue weighted by atomic mass is 16.2. The molecule has 1 saturated carbocycles. The topological polar surface area (TPSA) is 61.4 Å². The summed E-state index contributed by atoms with van der Waals surface area (Å²) < 4.78 is 0. The molecule has 2 N–H and O–H groups in total. The number of hydrogen-bond acceptors (Lipinski definition) is 3. The second-order valence-corrected chi connectivity index (χ2v) is 5.68. The Kier molecular flexibility index (Phi) is 4.80. The van der Waals surface area contributed by atoms with Gasteiger partial charge in [-0.1, -0.05) is 13.8 Å². The molecule has 108 valence electrons. The first-order valence-corrected chi connectivity index (χ1v) is 7.45. The van der Waals surface area contributed by atoms with Crippen molar-refractivity contribution in [2.45, 2.75) is 51.6 Å². The molecule has 1 aliphatic carbocycles. The maximum Gasteiger partial charge on any atom is 0.243 e. The van der Waals surface area contributed by atoms with Crippen molar-refractivity contribution in [3.8, 4) is 0 Å². The van der Waals surface area contributed by atoms with Crippen LogP contribution in [0.25, 0.3) is 0 Å². The van der Waals surface area contributed by atoms with Crippen LogP contribution in [0.4, 0.5) is 0 Å². The van der Waals surface area contributed by atoms with Gasteiger partial charge in [0.2, 0.25) is 11.8 Å². The maximum atomic E-state index is 12.4. The molecular formula is C14H25N3O2. The summed E-state index contributed by atoms with van der Waals surface area (Å²) in [6, 6.07) is 0.126. The average Bonchev–Trinajstić information content (AvgIpc) is 3.08. The van der Waals surface area contributed by atoms with Crippen molar-refractivity contribution in [3.05, 3.63) is 0 Å². The molecular weight excluding hydrogens is 242 g/mol. The van der Waals surface area contributed by atoms with E-state index in [1.54, 1.807) is 4.90 Å².